The molecule has 4 rings (SSSR count). The number of hydrogen-bond donors (Lipinski definition) is 1. The van der Waals surface area contributed by atoms with Gasteiger partial charge in [-0.15, -0.1) is 0 Å². The lowest BCUT2D eigenvalue weighted by Gasteiger charge is -2.34. The van der Waals surface area contributed by atoms with Crippen molar-refractivity contribution in [1.82, 2.24) is 10.2 Å². The van der Waals surface area contributed by atoms with Crippen LogP contribution in [0.2, 0.25) is 0 Å². The van der Waals surface area contributed by atoms with Crippen LogP contribution >= 0.6 is 0 Å². The average molecular weight is 437 g/mol. The van der Waals surface area contributed by atoms with Gasteiger partial charge < -0.3 is 19.7 Å². The van der Waals surface area contributed by atoms with Crippen LogP contribution in [-0.4, -0.2) is 49.2 Å². The Balaban J connectivity index is 1.21. The quantitative estimate of drug-likeness (QED) is 0.688. The Kier molecular flexibility index (Phi) is 7.43. The van der Waals surface area contributed by atoms with E-state index < -0.39 is 0 Å². The lowest BCUT2D eigenvalue weighted by atomic mass is 9.89. The second-order valence-electron chi connectivity index (χ2n) is 8.81. The van der Waals surface area contributed by atoms with Gasteiger partial charge in [-0.25, -0.2) is 9.59 Å². The van der Waals surface area contributed by atoms with Crippen molar-refractivity contribution in [2.24, 2.45) is 5.92 Å². The van der Waals surface area contributed by atoms with Gasteiger partial charge in [0, 0.05) is 25.2 Å². The second-order valence-corrected chi connectivity index (χ2v) is 8.81. The fourth-order valence-corrected chi connectivity index (χ4v) is 4.91. The lowest BCUT2D eigenvalue weighted by Crippen LogP contribution is -2.44. The van der Waals surface area contributed by atoms with E-state index in [-0.39, 0.29) is 12.1 Å². The molecule has 2 aromatic rings. The summed E-state index contributed by atoms with van der Waals surface area (Å²) in [4.78, 5) is 26.0. The molecule has 0 aromatic heterocycles. The number of piperidine rings is 1. The summed E-state index contributed by atoms with van der Waals surface area (Å²) in [5, 5.41) is 3.81. The van der Waals surface area contributed by atoms with Crippen LogP contribution in [-0.2, 0) is 22.5 Å². The van der Waals surface area contributed by atoms with Crippen LogP contribution in [0.4, 0.5) is 4.79 Å². The SMILES string of the molecule is COC(=O)c1cccc(C[C@@H]2CC[C@H](C3CCN(C(=O)OCc4ccccc4)CC3)N2)c1. The van der Waals surface area contributed by atoms with E-state index >= 15 is 0 Å². The molecule has 2 aromatic carbocycles. The van der Waals surface area contributed by atoms with Gasteiger partial charge in [-0.1, -0.05) is 42.5 Å². The molecule has 0 radical (unpaired) electrons. The molecule has 0 bridgehead atoms. The van der Waals surface area contributed by atoms with Gasteiger partial charge in [-0.3, -0.25) is 0 Å². The first-order valence-corrected chi connectivity index (χ1v) is 11.5. The summed E-state index contributed by atoms with van der Waals surface area (Å²) in [7, 11) is 1.41. The van der Waals surface area contributed by atoms with Gasteiger partial charge in [-0.05, 0) is 61.3 Å². The molecule has 0 unspecified atom stereocenters. The Morgan fingerprint density at radius 3 is 2.47 bits per heavy atom. The van der Waals surface area contributed by atoms with E-state index in [2.05, 4.69) is 11.4 Å². The zero-order valence-electron chi connectivity index (χ0n) is 18.7. The lowest BCUT2D eigenvalue weighted by molar-refractivity contribution is 0.0600. The Hall–Kier alpha value is -2.86. The van der Waals surface area contributed by atoms with E-state index in [1.807, 2.05) is 47.4 Å². The smallest absolute Gasteiger partial charge is 0.410 e. The van der Waals surface area contributed by atoms with Crippen LogP contribution in [0.3, 0.4) is 0 Å². The van der Waals surface area contributed by atoms with Gasteiger partial charge in [0.15, 0.2) is 0 Å². The van der Waals surface area contributed by atoms with Gasteiger partial charge in [0.2, 0.25) is 0 Å². The maximum Gasteiger partial charge on any atom is 0.410 e. The number of esters is 1. The number of nitrogens with one attached hydrogen (secondary N) is 1. The van der Waals surface area contributed by atoms with Crippen molar-refractivity contribution in [2.75, 3.05) is 20.2 Å². The van der Waals surface area contributed by atoms with Gasteiger partial charge in [0.25, 0.3) is 0 Å². The molecular weight excluding hydrogens is 404 g/mol. The van der Waals surface area contributed by atoms with E-state index in [1.54, 1.807) is 6.07 Å². The Morgan fingerprint density at radius 1 is 0.969 bits per heavy atom. The molecule has 6 nitrogen and oxygen atoms in total. The molecule has 1 N–H and O–H groups in total. The normalized spacial score (nSPS) is 21.3. The van der Waals surface area contributed by atoms with Crippen molar-refractivity contribution in [1.29, 1.82) is 0 Å². The average Bonchev–Trinajstić information content (AvgIpc) is 3.31. The number of methoxy groups -OCH3 is 1. The predicted molar refractivity (Wildman–Crippen MR) is 122 cm³/mol. The van der Waals surface area contributed by atoms with Gasteiger partial charge >= 0.3 is 12.1 Å². The highest BCUT2D eigenvalue weighted by Crippen LogP contribution is 2.29. The summed E-state index contributed by atoms with van der Waals surface area (Å²) in [6, 6.07) is 18.4. The maximum absolute atomic E-state index is 12.4. The summed E-state index contributed by atoms with van der Waals surface area (Å²) in [5.74, 6) is 0.290. The third-order valence-corrected chi connectivity index (χ3v) is 6.68. The number of likely N-dealkylation sites (tertiary alicyclic amines) is 1. The second kappa shape index (κ2) is 10.6. The molecule has 2 atom stereocenters. The Bertz CT molecular complexity index is 909. The molecule has 2 fully saturated rings. The van der Waals surface area contributed by atoms with E-state index in [0.717, 1.165) is 56.3 Å². The topological polar surface area (TPSA) is 67.9 Å². The van der Waals surface area contributed by atoms with Gasteiger partial charge in [-0.2, -0.15) is 0 Å². The standard InChI is InChI=1S/C26H32N2O4/c1-31-25(29)22-9-5-8-20(16-22)17-23-10-11-24(27-23)21-12-14-28(15-13-21)26(30)32-18-19-6-3-2-4-7-19/h2-9,16,21,23-24,27H,10-15,17-18H2,1H3/t23-,24+/m0/s1. The molecule has 1 amide bonds. The first-order valence-electron chi connectivity index (χ1n) is 11.5. The van der Waals surface area contributed by atoms with Crippen molar-refractivity contribution in [3.8, 4) is 0 Å². The van der Waals surface area contributed by atoms with Crippen LogP contribution in [0.5, 0.6) is 0 Å². The van der Waals surface area contributed by atoms with Crippen molar-refractivity contribution in [2.45, 2.75) is 50.8 Å². The summed E-state index contributed by atoms with van der Waals surface area (Å²) in [6.45, 7) is 1.83. The number of carbonyl (C=O) groups is 2. The number of benzene rings is 2. The number of amides is 1. The fourth-order valence-electron chi connectivity index (χ4n) is 4.91. The van der Waals surface area contributed by atoms with Crippen molar-refractivity contribution in [3.63, 3.8) is 0 Å². The van der Waals surface area contributed by atoms with Crippen molar-refractivity contribution < 1.29 is 19.1 Å². The first-order chi connectivity index (χ1) is 15.6. The minimum Gasteiger partial charge on any atom is -0.465 e. The molecule has 0 aliphatic carbocycles. The summed E-state index contributed by atoms with van der Waals surface area (Å²) >= 11 is 0. The predicted octanol–water partition coefficient (Wildman–Crippen LogP) is 4.19. The molecule has 6 heteroatoms. The molecule has 2 aliphatic heterocycles. The fraction of sp³-hybridized carbons (Fsp3) is 0.462. The molecular formula is C26H32N2O4. The van der Waals surface area contributed by atoms with E-state index in [9.17, 15) is 9.59 Å². The number of hydrogen-bond acceptors (Lipinski definition) is 5. The maximum atomic E-state index is 12.4. The molecule has 32 heavy (non-hydrogen) atoms. The zero-order valence-corrected chi connectivity index (χ0v) is 18.7. The van der Waals surface area contributed by atoms with Crippen LogP contribution in [0.25, 0.3) is 0 Å². The molecule has 2 aliphatic rings. The molecule has 0 saturated carbocycles. The molecule has 2 heterocycles. The highest BCUT2D eigenvalue weighted by Gasteiger charge is 2.33. The highest BCUT2D eigenvalue weighted by molar-refractivity contribution is 5.89. The third-order valence-electron chi connectivity index (χ3n) is 6.68. The minimum absolute atomic E-state index is 0.213. The Labute approximate surface area is 189 Å². The highest BCUT2D eigenvalue weighted by atomic mass is 16.6. The van der Waals surface area contributed by atoms with E-state index in [4.69, 9.17) is 9.47 Å². The Morgan fingerprint density at radius 2 is 1.72 bits per heavy atom. The molecule has 0 spiro atoms. The number of rotatable bonds is 6. The van der Waals surface area contributed by atoms with E-state index in [0.29, 0.717) is 30.2 Å². The number of nitrogens with zero attached hydrogens (tertiary/aromatic N) is 1. The van der Waals surface area contributed by atoms with Crippen LogP contribution in [0.1, 0.15) is 47.2 Å². The zero-order chi connectivity index (χ0) is 22.3. The van der Waals surface area contributed by atoms with Crippen LogP contribution < -0.4 is 5.32 Å². The number of ether oxygens (including phenoxy) is 2. The van der Waals surface area contributed by atoms with Crippen molar-refractivity contribution in [3.05, 3.63) is 71.3 Å². The molecule has 2 saturated heterocycles. The van der Waals surface area contributed by atoms with Gasteiger partial charge in [0.05, 0.1) is 12.7 Å². The molecule has 170 valence electrons. The minimum atomic E-state index is -0.293. The largest absolute Gasteiger partial charge is 0.465 e. The van der Waals surface area contributed by atoms with Crippen LogP contribution in [0.15, 0.2) is 54.6 Å². The van der Waals surface area contributed by atoms with E-state index in [1.165, 1.54) is 7.11 Å². The van der Waals surface area contributed by atoms with Crippen molar-refractivity contribution >= 4 is 12.1 Å². The van der Waals surface area contributed by atoms with Crippen LogP contribution in [0, 0.1) is 5.92 Å². The summed E-state index contributed by atoms with van der Waals surface area (Å²) in [5.41, 5.74) is 2.77. The summed E-state index contributed by atoms with van der Waals surface area (Å²) < 4.78 is 10.3. The third kappa shape index (κ3) is 5.68. The first kappa shape index (κ1) is 22.3. The number of carbonyl (C=O) groups excluding carboxylic acids is 2. The summed E-state index contributed by atoms with van der Waals surface area (Å²) in [6.07, 6.45) is 4.99. The monoisotopic (exact) mass is 436 g/mol. The van der Waals surface area contributed by atoms with Gasteiger partial charge in [0.1, 0.15) is 6.61 Å².